The highest BCUT2D eigenvalue weighted by Crippen LogP contribution is 1.93. The van der Waals surface area contributed by atoms with Gasteiger partial charge in [0.1, 0.15) is 0 Å². The lowest BCUT2D eigenvalue weighted by molar-refractivity contribution is 0.676. The topological polar surface area (TPSA) is 48.0 Å². The number of hydrogen-bond donors (Lipinski definition) is 1. The summed E-state index contributed by atoms with van der Waals surface area (Å²) in [5.41, 5.74) is 6.35. The Morgan fingerprint density at radius 1 is 1.55 bits per heavy atom. The van der Waals surface area contributed by atoms with Crippen molar-refractivity contribution in [1.29, 1.82) is 0 Å². The van der Waals surface area contributed by atoms with Crippen molar-refractivity contribution >= 4 is 0 Å². The fraction of sp³-hybridized carbons (Fsp3) is 0.375. The SMILES string of the molecule is CCn1c(CN)cccc1=O. The van der Waals surface area contributed by atoms with E-state index in [1.54, 1.807) is 16.7 Å². The molecule has 0 saturated heterocycles. The van der Waals surface area contributed by atoms with Crippen LogP contribution in [-0.4, -0.2) is 4.57 Å². The monoisotopic (exact) mass is 152 g/mol. The van der Waals surface area contributed by atoms with E-state index in [1.807, 2.05) is 13.0 Å². The van der Waals surface area contributed by atoms with E-state index in [0.717, 1.165) is 5.69 Å². The normalized spacial score (nSPS) is 10.0. The second-order valence-electron chi connectivity index (χ2n) is 2.30. The first-order valence-corrected chi connectivity index (χ1v) is 3.68. The van der Waals surface area contributed by atoms with Crippen molar-refractivity contribution < 1.29 is 0 Å². The third-order valence-corrected chi connectivity index (χ3v) is 1.67. The Morgan fingerprint density at radius 2 is 2.27 bits per heavy atom. The predicted molar refractivity (Wildman–Crippen MR) is 44.3 cm³/mol. The Balaban J connectivity index is 3.24. The van der Waals surface area contributed by atoms with Crippen molar-refractivity contribution in [3.8, 4) is 0 Å². The molecule has 0 fully saturated rings. The van der Waals surface area contributed by atoms with Crippen LogP contribution in [0.3, 0.4) is 0 Å². The van der Waals surface area contributed by atoms with Gasteiger partial charge >= 0.3 is 0 Å². The molecular weight excluding hydrogens is 140 g/mol. The van der Waals surface area contributed by atoms with Crippen molar-refractivity contribution in [1.82, 2.24) is 4.57 Å². The van der Waals surface area contributed by atoms with Crippen LogP contribution < -0.4 is 11.3 Å². The van der Waals surface area contributed by atoms with E-state index >= 15 is 0 Å². The summed E-state index contributed by atoms with van der Waals surface area (Å²) in [7, 11) is 0. The highest BCUT2D eigenvalue weighted by Gasteiger charge is 1.96. The number of pyridine rings is 1. The first kappa shape index (κ1) is 8.01. The second kappa shape index (κ2) is 3.34. The van der Waals surface area contributed by atoms with Gasteiger partial charge in [0, 0.05) is 24.8 Å². The van der Waals surface area contributed by atoms with Gasteiger partial charge in [-0.1, -0.05) is 6.07 Å². The number of hydrogen-bond acceptors (Lipinski definition) is 2. The zero-order chi connectivity index (χ0) is 8.27. The molecule has 3 nitrogen and oxygen atoms in total. The van der Waals surface area contributed by atoms with E-state index in [-0.39, 0.29) is 5.56 Å². The van der Waals surface area contributed by atoms with Crippen molar-refractivity contribution in [2.24, 2.45) is 5.73 Å². The summed E-state index contributed by atoms with van der Waals surface area (Å²) in [5, 5.41) is 0. The molecule has 0 radical (unpaired) electrons. The second-order valence-corrected chi connectivity index (χ2v) is 2.30. The summed E-state index contributed by atoms with van der Waals surface area (Å²) in [4.78, 5) is 11.1. The van der Waals surface area contributed by atoms with Gasteiger partial charge in [0.15, 0.2) is 0 Å². The molecule has 1 aromatic rings. The fourth-order valence-electron chi connectivity index (χ4n) is 1.10. The Bertz CT molecular complexity index is 290. The molecule has 0 unspecified atom stereocenters. The molecule has 0 bridgehead atoms. The van der Waals surface area contributed by atoms with Crippen LogP contribution in [0.4, 0.5) is 0 Å². The molecule has 0 spiro atoms. The number of nitrogens with zero attached hydrogens (tertiary/aromatic N) is 1. The highest BCUT2D eigenvalue weighted by atomic mass is 16.1. The van der Waals surface area contributed by atoms with E-state index in [0.29, 0.717) is 13.1 Å². The van der Waals surface area contributed by atoms with E-state index in [9.17, 15) is 4.79 Å². The lowest BCUT2D eigenvalue weighted by Crippen LogP contribution is -2.22. The van der Waals surface area contributed by atoms with Gasteiger partial charge in [0.2, 0.25) is 0 Å². The van der Waals surface area contributed by atoms with Gasteiger partial charge in [0.25, 0.3) is 5.56 Å². The summed E-state index contributed by atoms with van der Waals surface area (Å²) in [5.74, 6) is 0. The largest absolute Gasteiger partial charge is 0.325 e. The van der Waals surface area contributed by atoms with Crippen molar-refractivity contribution in [3.05, 3.63) is 34.2 Å². The van der Waals surface area contributed by atoms with Gasteiger partial charge in [0.05, 0.1) is 0 Å². The lowest BCUT2D eigenvalue weighted by Gasteiger charge is -2.06. The van der Waals surface area contributed by atoms with Gasteiger partial charge < -0.3 is 10.3 Å². The molecule has 1 heterocycles. The minimum absolute atomic E-state index is 0.0236. The molecule has 0 aliphatic rings. The van der Waals surface area contributed by atoms with Crippen LogP contribution in [0.5, 0.6) is 0 Å². The number of aromatic nitrogens is 1. The summed E-state index contributed by atoms with van der Waals surface area (Å²) in [6.45, 7) is 3.04. The Morgan fingerprint density at radius 3 is 2.73 bits per heavy atom. The number of rotatable bonds is 2. The van der Waals surface area contributed by atoms with Crippen LogP contribution in [0, 0.1) is 0 Å². The quantitative estimate of drug-likeness (QED) is 0.663. The molecule has 2 N–H and O–H groups in total. The van der Waals surface area contributed by atoms with E-state index in [1.165, 1.54) is 0 Å². The molecule has 0 saturated carbocycles. The maximum absolute atomic E-state index is 11.1. The van der Waals surface area contributed by atoms with Crippen molar-refractivity contribution in [2.45, 2.75) is 20.0 Å². The average molecular weight is 152 g/mol. The summed E-state index contributed by atoms with van der Waals surface area (Å²) >= 11 is 0. The minimum atomic E-state index is 0.0236. The van der Waals surface area contributed by atoms with Gasteiger partial charge in [-0.3, -0.25) is 4.79 Å². The third-order valence-electron chi connectivity index (χ3n) is 1.67. The van der Waals surface area contributed by atoms with E-state index in [4.69, 9.17) is 5.73 Å². The van der Waals surface area contributed by atoms with Crippen LogP contribution in [0.15, 0.2) is 23.0 Å². The summed E-state index contributed by atoms with van der Waals surface area (Å²) in [6, 6.07) is 5.14. The maximum Gasteiger partial charge on any atom is 0.250 e. The zero-order valence-electron chi connectivity index (χ0n) is 6.58. The first-order valence-electron chi connectivity index (χ1n) is 3.68. The van der Waals surface area contributed by atoms with Crippen molar-refractivity contribution in [2.75, 3.05) is 0 Å². The molecule has 0 aliphatic carbocycles. The molecule has 0 atom stereocenters. The maximum atomic E-state index is 11.1. The molecule has 11 heavy (non-hydrogen) atoms. The van der Waals surface area contributed by atoms with Crippen LogP contribution in [-0.2, 0) is 13.1 Å². The summed E-state index contributed by atoms with van der Waals surface area (Å²) < 4.78 is 1.67. The van der Waals surface area contributed by atoms with Gasteiger partial charge in [-0.25, -0.2) is 0 Å². The Hall–Kier alpha value is -1.09. The van der Waals surface area contributed by atoms with E-state index in [2.05, 4.69) is 0 Å². The van der Waals surface area contributed by atoms with E-state index < -0.39 is 0 Å². The fourth-order valence-corrected chi connectivity index (χ4v) is 1.10. The van der Waals surface area contributed by atoms with Crippen LogP contribution >= 0.6 is 0 Å². The van der Waals surface area contributed by atoms with Crippen LogP contribution in [0.2, 0.25) is 0 Å². The lowest BCUT2D eigenvalue weighted by atomic mass is 10.3. The molecule has 0 amide bonds. The minimum Gasteiger partial charge on any atom is -0.325 e. The zero-order valence-corrected chi connectivity index (χ0v) is 6.58. The predicted octanol–water partition coefficient (Wildman–Crippen LogP) is 0.327. The van der Waals surface area contributed by atoms with Gasteiger partial charge in [-0.15, -0.1) is 0 Å². The number of nitrogens with two attached hydrogens (primary N) is 1. The molecule has 1 aromatic heterocycles. The first-order chi connectivity index (χ1) is 5.29. The molecule has 3 heteroatoms. The third kappa shape index (κ3) is 1.49. The smallest absolute Gasteiger partial charge is 0.250 e. The molecule has 1 rings (SSSR count). The molecule has 60 valence electrons. The van der Waals surface area contributed by atoms with Crippen LogP contribution in [0.25, 0.3) is 0 Å². The van der Waals surface area contributed by atoms with Crippen LogP contribution in [0.1, 0.15) is 12.6 Å². The Kier molecular flexibility index (Phi) is 2.44. The van der Waals surface area contributed by atoms with Gasteiger partial charge in [-0.05, 0) is 13.0 Å². The molecule has 0 aliphatic heterocycles. The van der Waals surface area contributed by atoms with Gasteiger partial charge in [-0.2, -0.15) is 0 Å². The van der Waals surface area contributed by atoms with Crippen molar-refractivity contribution in [3.63, 3.8) is 0 Å². The summed E-state index contributed by atoms with van der Waals surface area (Å²) in [6.07, 6.45) is 0. The average Bonchev–Trinajstić information content (AvgIpc) is 2.04. The molecular formula is C8H12N2O. The Labute approximate surface area is 65.5 Å². The highest BCUT2D eigenvalue weighted by molar-refractivity contribution is 5.05. The standard InChI is InChI=1S/C8H12N2O/c1-2-10-7(6-9)4-3-5-8(10)11/h3-5H,2,6,9H2,1H3. The molecule has 0 aromatic carbocycles.